The molecule has 1 unspecified atom stereocenters. The number of amides is 1. The van der Waals surface area contributed by atoms with E-state index < -0.39 is 0 Å². The second kappa shape index (κ2) is 6.75. The number of nitrogens with one attached hydrogen (secondary N) is 2. The van der Waals surface area contributed by atoms with Crippen LogP contribution in [0.5, 0.6) is 0 Å². The summed E-state index contributed by atoms with van der Waals surface area (Å²) in [6.45, 7) is 4.77. The Hall–Kier alpha value is -2.30. The molecule has 1 atom stereocenters. The monoisotopic (exact) mass is 273 g/mol. The van der Waals surface area contributed by atoms with E-state index in [1.807, 2.05) is 19.1 Å². The number of anilines is 1. The van der Waals surface area contributed by atoms with Gasteiger partial charge in [0.2, 0.25) is 0 Å². The molecule has 2 rings (SSSR count). The molecule has 0 spiro atoms. The number of pyridine rings is 1. The number of nitrogens with zero attached hydrogens (tertiary/aromatic N) is 1. The third kappa shape index (κ3) is 3.38. The van der Waals surface area contributed by atoms with E-state index in [0.717, 1.165) is 24.4 Å². The minimum Gasteiger partial charge on any atom is -0.467 e. The Morgan fingerprint density at radius 3 is 3.00 bits per heavy atom. The number of aromatic nitrogens is 1. The summed E-state index contributed by atoms with van der Waals surface area (Å²) in [6.07, 6.45) is 5.83. The maximum atomic E-state index is 12.3. The molecule has 0 aliphatic carbocycles. The van der Waals surface area contributed by atoms with Crippen LogP contribution in [0.4, 0.5) is 5.69 Å². The number of carbonyl (C=O) groups excluding carboxylic acids is 1. The van der Waals surface area contributed by atoms with Gasteiger partial charge in [-0.3, -0.25) is 9.78 Å². The Labute approximate surface area is 118 Å². The first-order chi connectivity index (χ1) is 9.72. The highest BCUT2D eigenvalue weighted by Crippen LogP contribution is 2.17. The van der Waals surface area contributed by atoms with Gasteiger partial charge in [0, 0.05) is 18.9 Å². The number of rotatable bonds is 6. The summed E-state index contributed by atoms with van der Waals surface area (Å²) in [7, 11) is 0. The van der Waals surface area contributed by atoms with Crippen molar-refractivity contribution in [2.75, 3.05) is 11.9 Å². The molecule has 0 aliphatic heterocycles. The number of hydrogen-bond acceptors (Lipinski definition) is 4. The Balaban J connectivity index is 2.09. The van der Waals surface area contributed by atoms with E-state index >= 15 is 0 Å². The molecule has 2 heterocycles. The number of carbonyl (C=O) groups is 1. The molecule has 0 radical (unpaired) electrons. The van der Waals surface area contributed by atoms with Gasteiger partial charge in [0.1, 0.15) is 5.76 Å². The molecule has 1 amide bonds. The van der Waals surface area contributed by atoms with Gasteiger partial charge in [0.15, 0.2) is 0 Å². The molecule has 2 aromatic heterocycles. The van der Waals surface area contributed by atoms with Crippen molar-refractivity contribution in [3.8, 4) is 0 Å². The van der Waals surface area contributed by atoms with E-state index in [-0.39, 0.29) is 11.9 Å². The smallest absolute Gasteiger partial charge is 0.255 e. The fourth-order valence-corrected chi connectivity index (χ4v) is 1.87. The van der Waals surface area contributed by atoms with Gasteiger partial charge < -0.3 is 15.1 Å². The van der Waals surface area contributed by atoms with Crippen molar-refractivity contribution < 1.29 is 9.21 Å². The van der Waals surface area contributed by atoms with Crippen molar-refractivity contribution in [3.05, 3.63) is 48.2 Å². The van der Waals surface area contributed by atoms with Crippen LogP contribution in [0.25, 0.3) is 0 Å². The minimum atomic E-state index is -0.184. The molecule has 0 fully saturated rings. The van der Waals surface area contributed by atoms with Gasteiger partial charge in [-0.25, -0.2) is 0 Å². The standard InChI is InChI=1S/C15H19N3O2/c1-3-7-17-13-6-8-16-10-12(13)15(19)18-11(2)14-5-4-9-20-14/h4-6,8-11H,3,7H2,1-2H3,(H,16,17)(H,18,19). The van der Waals surface area contributed by atoms with E-state index in [1.165, 1.54) is 0 Å². The van der Waals surface area contributed by atoms with Gasteiger partial charge in [-0.1, -0.05) is 6.92 Å². The van der Waals surface area contributed by atoms with Crippen molar-refractivity contribution in [2.45, 2.75) is 26.3 Å². The maximum Gasteiger partial charge on any atom is 0.255 e. The fraction of sp³-hybridized carbons (Fsp3) is 0.333. The summed E-state index contributed by atoms with van der Waals surface area (Å²) in [6, 6.07) is 5.26. The van der Waals surface area contributed by atoms with Gasteiger partial charge in [-0.2, -0.15) is 0 Å². The average Bonchev–Trinajstić information content (AvgIpc) is 2.99. The highest BCUT2D eigenvalue weighted by atomic mass is 16.3. The third-order valence-corrected chi connectivity index (χ3v) is 2.95. The number of hydrogen-bond donors (Lipinski definition) is 2. The maximum absolute atomic E-state index is 12.3. The summed E-state index contributed by atoms with van der Waals surface area (Å²) in [5.74, 6) is 0.561. The van der Waals surface area contributed by atoms with Crippen molar-refractivity contribution in [1.82, 2.24) is 10.3 Å². The average molecular weight is 273 g/mol. The summed E-state index contributed by atoms with van der Waals surface area (Å²) in [5.41, 5.74) is 1.34. The van der Waals surface area contributed by atoms with Gasteiger partial charge >= 0.3 is 0 Å². The van der Waals surface area contributed by atoms with Crippen molar-refractivity contribution in [3.63, 3.8) is 0 Å². The second-order valence-electron chi connectivity index (χ2n) is 4.56. The zero-order valence-electron chi connectivity index (χ0n) is 11.7. The largest absolute Gasteiger partial charge is 0.467 e. The molecule has 0 aromatic carbocycles. The topological polar surface area (TPSA) is 67.2 Å². The van der Waals surface area contributed by atoms with E-state index in [0.29, 0.717) is 5.56 Å². The quantitative estimate of drug-likeness (QED) is 0.849. The van der Waals surface area contributed by atoms with E-state index in [2.05, 4.69) is 22.5 Å². The fourth-order valence-electron chi connectivity index (χ4n) is 1.87. The lowest BCUT2D eigenvalue weighted by Gasteiger charge is -2.14. The Morgan fingerprint density at radius 1 is 1.45 bits per heavy atom. The van der Waals surface area contributed by atoms with Crippen molar-refractivity contribution in [2.24, 2.45) is 0 Å². The van der Waals surface area contributed by atoms with Crippen LogP contribution in [0, 0.1) is 0 Å². The van der Waals surface area contributed by atoms with Crippen LogP contribution >= 0.6 is 0 Å². The van der Waals surface area contributed by atoms with E-state index in [4.69, 9.17) is 4.42 Å². The Kier molecular flexibility index (Phi) is 4.76. The second-order valence-corrected chi connectivity index (χ2v) is 4.56. The van der Waals surface area contributed by atoms with Crippen LogP contribution in [0.2, 0.25) is 0 Å². The zero-order chi connectivity index (χ0) is 14.4. The van der Waals surface area contributed by atoms with Gasteiger partial charge in [-0.15, -0.1) is 0 Å². The molecular weight excluding hydrogens is 254 g/mol. The predicted octanol–water partition coefficient (Wildman–Crippen LogP) is 2.99. The minimum absolute atomic E-state index is 0.166. The Morgan fingerprint density at radius 2 is 2.30 bits per heavy atom. The lowest BCUT2D eigenvalue weighted by Crippen LogP contribution is -2.27. The zero-order valence-corrected chi connectivity index (χ0v) is 11.7. The highest BCUT2D eigenvalue weighted by Gasteiger charge is 2.16. The van der Waals surface area contributed by atoms with Gasteiger partial charge in [0.05, 0.1) is 23.6 Å². The third-order valence-electron chi connectivity index (χ3n) is 2.95. The number of furan rings is 1. The molecule has 5 nitrogen and oxygen atoms in total. The highest BCUT2D eigenvalue weighted by molar-refractivity contribution is 5.99. The lowest BCUT2D eigenvalue weighted by atomic mass is 10.2. The lowest BCUT2D eigenvalue weighted by molar-refractivity contribution is 0.0936. The molecular formula is C15H19N3O2. The summed E-state index contributed by atoms with van der Waals surface area (Å²) < 4.78 is 5.28. The molecule has 0 saturated heterocycles. The van der Waals surface area contributed by atoms with Crippen LogP contribution in [-0.2, 0) is 0 Å². The molecule has 0 bridgehead atoms. The molecule has 2 N–H and O–H groups in total. The molecule has 106 valence electrons. The van der Waals surface area contributed by atoms with E-state index in [9.17, 15) is 4.79 Å². The first-order valence-electron chi connectivity index (χ1n) is 6.74. The Bertz CT molecular complexity index is 552. The van der Waals surface area contributed by atoms with Crippen molar-refractivity contribution >= 4 is 11.6 Å². The van der Waals surface area contributed by atoms with Crippen LogP contribution in [-0.4, -0.2) is 17.4 Å². The first kappa shape index (κ1) is 14.1. The molecule has 5 heteroatoms. The predicted molar refractivity (Wildman–Crippen MR) is 77.6 cm³/mol. The van der Waals surface area contributed by atoms with Crippen LogP contribution < -0.4 is 10.6 Å². The normalized spacial score (nSPS) is 11.9. The molecule has 0 aliphatic rings. The van der Waals surface area contributed by atoms with Crippen LogP contribution in [0.1, 0.15) is 42.4 Å². The van der Waals surface area contributed by atoms with Crippen LogP contribution in [0.15, 0.2) is 41.3 Å². The SMILES string of the molecule is CCCNc1ccncc1C(=O)NC(C)c1ccco1. The van der Waals surface area contributed by atoms with Gasteiger partial charge in [0.25, 0.3) is 5.91 Å². The van der Waals surface area contributed by atoms with Crippen molar-refractivity contribution in [1.29, 1.82) is 0 Å². The first-order valence-corrected chi connectivity index (χ1v) is 6.74. The van der Waals surface area contributed by atoms with Gasteiger partial charge in [-0.05, 0) is 31.5 Å². The summed E-state index contributed by atoms with van der Waals surface area (Å²) in [4.78, 5) is 16.3. The summed E-state index contributed by atoms with van der Waals surface area (Å²) in [5, 5.41) is 6.13. The van der Waals surface area contributed by atoms with Crippen LogP contribution in [0.3, 0.4) is 0 Å². The molecule has 2 aromatic rings. The summed E-state index contributed by atoms with van der Waals surface area (Å²) >= 11 is 0. The molecule has 0 saturated carbocycles. The molecule has 20 heavy (non-hydrogen) atoms. The van der Waals surface area contributed by atoms with E-state index in [1.54, 1.807) is 24.7 Å².